The molecular formula is C13H12ClN3O3S. The van der Waals surface area contributed by atoms with Gasteiger partial charge in [0.15, 0.2) is 9.84 Å². The number of allylic oxidation sites excluding steroid dienone is 1. The van der Waals surface area contributed by atoms with Crippen molar-refractivity contribution in [2.75, 3.05) is 11.5 Å². The van der Waals surface area contributed by atoms with E-state index in [1.165, 1.54) is 10.9 Å². The largest absolute Gasteiger partial charge is 0.295 e. The zero-order valence-corrected chi connectivity index (χ0v) is 12.8. The maximum absolute atomic E-state index is 12.4. The smallest absolute Gasteiger partial charge is 0.259 e. The Balaban J connectivity index is 2.25. The van der Waals surface area contributed by atoms with Crippen molar-refractivity contribution in [2.45, 2.75) is 6.42 Å². The fourth-order valence-corrected chi connectivity index (χ4v) is 3.73. The number of aromatic nitrogens is 3. The third-order valence-electron chi connectivity index (χ3n) is 3.57. The topological polar surface area (TPSA) is 81.9 Å². The molecule has 110 valence electrons. The Bertz CT molecular complexity index is 932. The van der Waals surface area contributed by atoms with Crippen LogP contribution in [0.5, 0.6) is 0 Å². The van der Waals surface area contributed by atoms with Crippen LogP contribution in [0.3, 0.4) is 0 Å². The van der Waals surface area contributed by atoms with Crippen LogP contribution in [0.15, 0.2) is 23.3 Å². The summed E-state index contributed by atoms with van der Waals surface area (Å²) < 4.78 is 24.4. The van der Waals surface area contributed by atoms with Gasteiger partial charge in [-0.3, -0.25) is 9.36 Å². The molecule has 0 atom stereocenters. The lowest BCUT2D eigenvalue weighted by Crippen LogP contribution is -2.24. The van der Waals surface area contributed by atoms with Crippen LogP contribution in [0.4, 0.5) is 0 Å². The van der Waals surface area contributed by atoms with Crippen LogP contribution in [0.2, 0.25) is 5.15 Å². The summed E-state index contributed by atoms with van der Waals surface area (Å²) in [5, 5.41) is 0.839. The summed E-state index contributed by atoms with van der Waals surface area (Å²) in [6.07, 6.45) is 3.23. The molecule has 0 radical (unpaired) electrons. The minimum absolute atomic E-state index is 0.0391. The van der Waals surface area contributed by atoms with E-state index in [0.717, 1.165) is 5.57 Å². The lowest BCUT2D eigenvalue weighted by atomic mass is 10.0. The Labute approximate surface area is 126 Å². The first kappa shape index (κ1) is 14.2. The number of hydrogen-bond acceptors (Lipinski definition) is 5. The van der Waals surface area contributed by atoms with E-state index in [1.54, 1.807) is 19.2 Å². The third-order valence-corrected chi connectivity index (χ3v) is 5.37. The minimum atomic E-state index is -3.03. The maximum Gasteiger partial charge on any atom is 0.259 e. The van der Waals surface area contributed by atoms with Gasteiger partial charge in [0.2, 0.25) is 0 Å². The van der Waals surface area contributed by atoms with Crippen molar-refractivity contribution < 1.29 is 8.42 Å². The van der Waals surface area contributed by atoms with E-state index in [9.17, 15) is 13.2 Å². The Morgan fingerprint density at radius 1 is 1.33 bits per heavy atom. The van der Waals surface area contributed by atoms with Crippen molar-refractivity contribution >= 4 is 38.0 Å². The van der Waals surface area contributed by atoms with Crippen LogP contribution in [-0.4, -0.2) is 34.5 Å². The lowest BCUT2D eigenvalue weighted by molar-refractivity contribution is 0.597. The van der Waals surface area contributed by atoms with Crippen LogP contribution < -0.4 is 5.56 Å². The molecule has 1 aliphatic rings. The molecule has 0 spiro atoms. The highest BCUT2D eigenvalue weighted by Gasteiger charge is 2.20. The molecule has 0 saturated heterocycles. The average molecular weight is 326 g/mol. The van der Waals surface area contributed by atoms with Gasteiger partial charge in [-0.15, -0.1) is 0 Å². The van der Waals surface area contributed by atoms with Crippen LogP contribution in [-0.2, 0) is 16.9 Å². The molecule has 0 aliphatic carbocycles. The van der Waals surface area contributed by atoms with E-state index in [0.29, 0.717) is 23.0 Å². The molecule has 3 rings (SSSR count). The van der Waals surface area contributed by atoms with Crippen molar-refractivity contribution in [2.24, 2.45) is 7.05 Å². The highest BCUT2D eigenvalue weighted by atomic mass is 35.5. The molecule has 0 amide bonds. The van der Waals surface area contributed by atoms with Gasteiger partial charge in [0.25, 0.3) is 5.56 Å². The molecule has 1 aliphatic heterocycles. The normalized spacial score (nSPS) is 17.7. The number of fused-ring (bicyclic) bond motifs is 1. The summed E-state index contributed by atoms with van der Waals surface area (Å²) in [5.41, 5.74) is 1.42. The molecule has 2 aromatic heterocycles. The second-order valence-corrected chi connectivity index (χ2v) is 7.50. The number of aryl methyl sites for hydroxylation is 1. The zero-order chi connectivity index (χ0) is 15.2. The first-order valence-electron chi connectivity index (χ1n) is 6.29. The van der Waals surface area contributed by atoms with Gasteiger partial charge in [0, 0.05) is 12.6 Å². The zero-order valence-electron chi connectivity index (χ0n) is 11.2. The van der Waals surface area contributed by atoms with Gasteiger partial charge >= 0.3 is 0 Å². The third kappa shape index (κ3) is 2.47. The molecule has 0 bridgehead atoms. The van der Waals surface area contributed by atoms with E-state index in [4.69, 9.17) is 11.6 Å². The van der Waals surface area contributed by atoms with Crippen LogP contribution in [0.1, 0.15) is 12.0 Å². The van der Waals surface area contributed by atoms with Crippen molar-refractivity contribution in [3.05, 3.63) is 39.5 Å². The highest BCUT2D eigenvalue weighted by molar-refractivity contribution is 7.91. The summed E-state index contributed by atoms with van der Waals surface area (Å²) in [7, 11) is -1.42. The quantitative estimate of drug-likeness (QED) is 0.735. The first-order valence-corrected chi connectivity index (χ1v) is 8.49. The predicted octanol–water partition coefficient (Wildman–Crippen LogP) is 1.18. The van der Waals surface area contributed by atoms with Crippen molar-refractivity contribution in [1.29, 1.82) is 0 Å². The standard InChI is InChI=1S/C13H12ClN3O3S/c1-17-12-10(11(14)15-7-16-12)6-9(13(17)18)8-2-4-21(19,20)5-3-8/h2,6-7H,3-5H2,1H3. The number of rotatable bonds is 1. The molecule has 0 unspecified atom stereocenters. The Morgan fingerprint density at radius 2 is 2.10 bits per heavy atom. The Morgan fingerprint density at radius 3 is 2.76 bits per heavy atom. The van der Waals surface area contributed by atoms with Gasteiger partial charge in [-0.05, 0) is 18.1 Å². The van der Waals surface area contributed by atoms with Crippen molar-refractivity contribution in [1.82, 2.24) is 14.5 Å². The van der Waals surface area contributed by atoms with Gasteiger partial charge in [-0.2, -0.15) is 0 Å². The van der Waals surface area contributed by atoms with E-state index in [-0.39, 0.29) is 22.2 Å². The van der Waals surface area contributed by atoms with E-state index >= 15 is 0 Å². The monoisotopic (exact) mass is 325 g/mol. The van der Waals surface area contributed by atoms with Gasteiger partial charge in [0.1, 0.15) is 17.1 Å². The van der Waals surface area contributed by atoms with Gasteiger partial charge in [-0.1, -0.05) is 17.7 Å². The van der Waals surface area contributed by atoms with Crippen LogP contribution in [0.25, 0.3) is 16.6 Å². The summed E-state index contributed by atoms with van der Waals surface area (Å²) in [6.45, 7) is 0. The summed E-state index contributed by atoms with van der Waals surface area (Å²) in [4.78, 5) is 20.4. The molecule has 0 N–H and O–H groups in total. The number of pyridine rings is 1. The van der Waals surface area contributed by atoms with E-state index < -0.39 is 9.84 Å². The van der Waals surface area contributed by atoms with Crippen molar-refractivity contribution in [3.63, 3.8) is 0 Å². The number of halogens is 1. The highest BCUT2D eigenvalue weighted by Crippen LogP contribution is 2.25. The molecule has 3 heterocycles. The minimum Gasteiger partial charge on any atom is -0.295 e. The van der Waals surface area contributed by atoms with Gasteiger partial charge in [-0.25, -0.2) is 18.4 Å². The fraction of sp³-hybridized carbons (Fsp3) is 0.308. The first-order chi connectivity index (χ1) is 9.89. The average Bonchev–Trinajstić information content (AvgIpc) is 2.44. The number of nitrogens with zero attached hydrogens (tertiary/aromatic N) is 3. The SMILES string of the molecule is Cn1c(=O)c(C2=CCS(=O)(=O)CC2)cc2c(Cl)ncnc21. The number of hydrogen-bond donors (Lipinski definition) is 0. The molecular weight excluding hydrogens is 314 g/mol. The van der Waals surface area contributed by atoms with E-state index in [2.05, 4.69) is 9.97 Å². The van der Waals surface area contributed by atoms with Crippen molar-refractivity contribution in [3.8, 4) is 0 Å². The summed E-state index contributed by atoms with van der Waals surface area (Å²) in [6, 6.07) is 1.64. The fourth-order valence-electron chi connectivity index (χ4n) is 2.39. The Kier molecular flexibility index (Phi) is 3.33. The summed E-state index contributed by atoms with van der Waals surface area (Å²) in [5.74, 6) is 0.0155. The molecule has 0 fully saturated rings. The molecule has 0 saturated carbocycles. The molecule has 2 aromatic rings. The Hall–Kier alpha value is -1.73. The van der Waals surface area contributed by atoms with E-state index in [1.807, 2.05) is 0 Å². The molecule has 8 heteroatoms. The van der Waals surface area contributed by atoms with Crippen LogP contribution in [0, 0.1) is 0 Å². The molecule has 6 nitrogen and oxygen atoms in total. The van der Waals surface area contributed by atoms with Gasteiger partial charge < -0.3 is 0 Å². The lowest BCUT2D eigenvalue weighted by Gasteiger charge is -2.15. The second kappa shape index (κ2) is 4.92. The maximum atomic E-state index is 12.4. The predicted molar refractivity (Wildman–Crippen MR) is 81.0 cm³/mol. The summed E-state index contributed by atoms with van der Waals surface area (Å²) >= 11 is 6.06. The van der Waals surface area contributed by atoms with Gasteiger partial charge in [0.05, 0.1) is 16.9 Å². The van der Waals surface area contributed by atoms with Crippen LogP contribution >= 0.6 is 11.6 Å². The molecule has 21 heavy (non-hydrogen) atoms. The number of sulfone groups is 1. The second-order valence-electron chi connectivity index (χ2n) is 4.92. The molecule has 0 aromatic carbocycles.